The zero-order valence-corrected chi connectivity index (χ0v) is 61.5. The van der Waals surface area contributed by atoms with E-state index in [1.165, 1.54) is 23.5 Å². The van der Waals surface area contributed by atoms with Gasteiger partial charge in [0.1, 0.15) is 31.4 Å². The Hall–Kier alpha value is -5.52. The molecule has 1 aliphatic carbocycles. The minimum absolute atomic E-state index is 0. The zero-order chi connectivity index (χ0) is 69.9. The van der Waals surface area contributed by atoms with Crippen LogP contribution in [-0.4, -0.2) is 229 Å². The molecule has 0 bridgehead atoms. The zero-order valence-electron chi connectivity index (χ0n) is 55.9. The van der Waals surface area contributed by atoms with Crippen molar-refractivity contribution < 1.29 is 163 Å². The topological polar surface area (TPSA) is 439 Å². The van der Waals surface area contributed by atoms with Gasteiger partial charge in [-0.25, -0.2) is 6.29 Å². The van der Waals surface area contributed by atoms with E-state index in [-0.39, 0.29) is 128 Å². The molecule has 12 atom stereocenters. The maximum atomic E-state index is 13.1. The van der Waals surface area contributed by atoms with E-state index in [2.05, 4.69) is 26.6 Å². The van der Waals surface area contributed by atoms with Gasteiger partial charge in [0.25, 0.3) is 5.91 Å². The standard InChI is InChI=1S/C70H86N5O20S2.2Na.H2O/c76-41-60(86)74-62-52(64(88)56(82)39-72-58(84)34-44-15-19-48(20-16-44)46-10-3-1-4-11-46)36-69(43-78,37-54(62)80)93-28-8-32-97-33-27-71-67(90)51-25-23-50(24-26-51)53(79)14-7-30-96-31-9-29-94-70(68(91)92)38-55(81)63(75-61(87)42-77)66(95-70)65(89)57(83)40-73-59(85)35-45-17-21-49(22-18-45)47-12-5-2-6-13-47;;;/h1-6,10-13,15-26,52,54-57,62-66,76-77,80-83,88-89H,7-9,14,27-42H2,(H,71,90)(H,72,84)(H,73,85)(H,74,86)(H,75,87)(H,91,92);;;1H2/q-1;2*+1;/p-2/t52-,54+,55+,56-,57-,62+,63-,64+,65-,66-,69+,70-;;;/m1.../s1. The summed E-state index contributed by atoms with van der Waals surface area (Å²) >= 11 is 2.95. The van der Waals surface area contributed by atoms with Crippen molar-refractivity contribution in [2.75, 3.05) is 69.1 Å². The quantitative estimate of drug-likeness (QED) is 0.00754. The summed E-state index contributed by atoms with van der Waals surface area (Å²) < 4.78 is 17.4. The summed E-state index contributed by atoms with van der Waals surface area (Å²) in [5, 5.41) is 111. The van der Waals surface area contributed by atoms with E-state index in [4.69, 9.17) is 14.2 Å². The third-order valence-corrected chi connectivity index (χ3v) is 18.9. The van der Waals surface area contributed by atoms with Gasteiger partial charge in [0.2, 0.25) is 29.4 Å². The number of carbonyl (C=O) groups excluding carboxylic acids is 8. The molecule has 2 fully saturated rings. The van der Waals surface area contributed by atoms with Gasteiger partial charge < -0.3 is 102 Å². The molecule has 1 aliphatic heterocycles. The molecule has 100 heavy (non-hydrogen) atoms. The Morgan fingerprint density at radius 2 is 1.02 bits per heavy atom. The predicted octanol–water partition coefficient (Wildman–Crippen LogP) is -5.84. The minimum Gasteiger partial charge on any atom is -0.870 e. The Kier molecular flexibility index (Phi) is 38.4. The number of hydrogen-bond acceptors (Lipinski definition) is 23. The number of nitrogens with one attached hydrogen (secondary N) is 5. The van der Waals surface area contributed by atoms with E-state index in [1.54, 1.807) is 36.4 Å². The summed E-state index contributed by atoms with van der Waals surface area (Å²) in [6.07, 6.45) is -10.3. The van der Waals surface area contributed by atoms with Gasteiger partial charge in [-0.3, -0.25) is 28.8 Å². The Balaban J connectivity index is 0.00000707. The number of amides is 5. The number of carboxylic acid groups (broad SMARTS) is 1. The first-order valence-electron chi connectivity index (χ1n) is 32.0. The molecule has 0 unspecified atom stereocenters. The third kappa shape index (κ3) is 26.3. The van der Waals surface area contributed by atoms with Gasteiger partial charge >= 0.3 is 59.1 Å². The third-order valence-electron chi connectivity index (χ3n) is 16.7. The maximum absolute atomic E-state index is 13.1. The number of thioether (sulfide) groups is 2. The van der Waals surface area contributed by atoms with Crippen molar-refractivity contribution in [1.82, 2.24) is 26.6 Å². The van der Waals surface area contributed by atoms with Crippen molar-refractivity contribution in [2.24, 2.45) is 5.92 Å². The van der Waals surface area contributed by atoms with Crippen molar-refractivity contribution in [1.29, 1.82) is 0 Å². The fourth-order valence-corrected chi connectivity index (χ4v) is 13.2. The molecular weight excluding hydrogens is 1360 g/mol. The van der Waals surface area contributed by atoms with Crippen LogP contribution in [0.15, 0.2) is 133 Å². The molecule has 1 saturated carbocycles. The summed E-state index contributed by atoms with van der Waals surface area (Å²) in [4.78, 5) is 102. The van der Waals surface area contributed by atoms with E-state index in [1.807, 2.05) is 103 Å². The number of ketones is 1. The Morgan fingerprint density at radius 1 is 0.560 bits per heavy atom. The molecule has 0 radical (unpaired) electrons. The average Bonchev–Trinajstić information content (AvgIpc) is 0.780. The summed E-state index contributed by atoms with van der Waals surface area (Å²) in [5.41, 5.74) is 4.31. The van der Waals surface area contributed by atoms with Crippen molar-refractivity contribution >= 4 is 71.1 Å². The fourth-order valence-electron chi connectivity index (χ4n) is 11.5. The monoisotopic (exact) mass is 1440 g/mol. The number of aliphatic hydroxyl groups excluding tert-OH is 8. The Morgan fingerprint density at radius 3 is 1.53 bits per heavy atom. The van der Waals surface area contributed by atoms with Crippen LogP contribution in [0.5, 0.6) is 0 Å². The molecule has 0 spiro atoms. The van der Waals surface area contributed by atoms with Crippen LogP contribution in [0, 0.1) is 5.92 Å². The average molecular weight is 1440 g/mol. The number of ether oxygens (including phenoxy) is 3. The Labute approximate surface area is 632 Å². The molecular formula is C70H86N5Na2O21S2-. The molecule has 5 amide bonds. The molecule has 14 N–H and O–H groups in total. The van der Waals surface area contributed by atoms with E-state index in [0.29, 0.717) is 64.7 Å². The SMILES string of the molecule is O=[C-][C@]1(OCCCSCCNC(=O)c2ccc(C(=O)CCCSCCCO[C@]3(C(=O)[O-])C[C@H](O)[C@@H](NC(=O)CO)[C@H]([C@H](O)[C@H](O)CNC(=O)Cc4ccc(-c5ccccc5)cc4)O3)cc2)C[C@@H]([C@H](O)[C@H](O)CNC(=O)Cc2ccc(-c3ccccc3)cc2)[C@H](NC(=O)CO)[C@@H](O)C1.[Na+].[Na+].[OH-]. The summed E-state index contributed by atoms with van der Waals surface area (Å²) in [6, 6.07) is 37.5. The van der Waals surface area contributed by atoms with Crippen molar-refractivity contribution in [3.8, 4) is 22.3 Å². The van der Waals surface area contributed by atoms with E-state index in [9.17, 15) is 84.3 Å². The second-order valence-electron chi connectivity index (χ2n) is 23.8. The van der Waals surface area contributed by atoms with Crippen LogP contribution in [0.2, 0.25) is 0 Å². The predicted molar refractivity (Wildman–Crippen MR) is 360 cm³/mol. The number of aliphatic carboxylic acids is 1. The number of Topliss-reactive ketones (excluding diaryl/α,β-unsaturated/α-hetero) is 1. The molecule has 0 aromatic heterocycles. The van der Waals surface area contributed by atoms with Gasteiger partial charge in [0.05, 0.1) is 62.1 Å². The van der Waals surface area contributed by atoms with E-state index in [0.717, 1.165) is 22.3 Å². The molecule has 1 heterocycles. The normalized spacial score (nSPS) is 21.3. The molecule has 5 aromatic carbocycles. The number of aliphatic hydroxyl groups is 8. The molecule has 1 saturated heterocycles. The van der Waals surface area contributed by atoms with Crippen LogP contribution in [-0.2, 0) is 55.8 Å². The van der Waals surface area contributed by atoms with Crippen LogP contribution >= 0.6 is 23.5 Å². The minimum atomic E-state index is -2.64. The summed E-state index contributed by atoms with van der Waals surface area (Å²) in [7, 11) is 0. The summed E-state index contributed by atoms with van der Waals surface area (Å²) in [6.45, 7) is -2.78. The molecule has 7 rings (SSSR count). The van der Waals surface area contributed by atoms with Gasteiger partial charge in [-0.05, 0) is 100 Å². The van der Waals surface area contributed by atoms with Crippen LogP contribution in [0.1, 0.15) is 76.8 Å². The smallest absolute Gasteiger partial charge is 0.870 e. The molecule has 2 aliphatic rings. The van der Waals surface area contributed by atoms with Gasteiger partial charge in [-0.2, -0.15) is 23.5 Å². The van der Waals surface area contributed by atoms with Gasteiger partial charge in [0, 0.05) is 61.9 Å². The fraction of sp³-hybridized carbons (Fsp3) is 0.457. The second kappa shape index (κ2) is 44.2. The van der Waals surface area contributed by atoms with Gasteiger partial charge in [-0.1, -0.05) is 121 Å². The number of benzene rings is 5. The van der Waals surface area contributed by atoms with Crippen molar-refractivity contribution in [2.45, 2.75) is 124 Å². The molecule has 30 heteroatoms. The van der Waals surface area contributed by atoms with Crippen molar-refractivity contribution in [3.05, 3.63) is 156 Å². The van der Waals surface area contributed by atoms with Crippen LogP contribution < -0.4 is 90.8 Å². The van der Waals surface area contributed by atoms with Crippen molar-refractivity contribution in [3.63, 3.8) is 0 Å². The van der Waals surface area contributed by atoms with Gasteiger partial charge in [-0.15, -0.1) is 0 Å². The largest absolute Gasteiger partial charge is 1.00 e. The first-order chi connectivity index (χ1) is 46.7. The molecule has 5 aromatic rings. The Bertz CT molecular complexity index is 3360. The van der Waals surface area contributed by atoms with E-state index < -0.39 is 134 Å². The van der Waals surface area contributed by atoms with Crippen LogP contribution in [0.3, 0.4) is 0 Å². The second-order valence-corrected chi connectivity index (χ2v) is 26.3. The number of carbonyl (C=O) groups is 7. The first-order valence-corrected chi connectivity index (χ1v) is 34.3. The van der Waals surface area contributed by atoms with Gasteiger partial charge in [0.15, 0.2) is 5.78 Å². The molecule has 532 valence electrons. The first kappa shape index (κ1) is 86.9. The van der Waals surface area contributed by atoms with E-state index >= 15 is 0 Å². The number of rotatable bonds is 39. The van der Waals surface area contributed by atoms with Crippen LogP contribution in [0.25, 0.3) is 22.3 Å². The maximum Gasteiger partial charge on any atom is 1.00 e. The summed E-state index contributed by atoms with van der Waals surface area (Å²) in [5.74, 6) is -6.99. The number of carboxylic acids is 1. The van der Waals surface area contributed by atoms with Crippen LogP contribution in [0.4, 0.5) is 0 Å². The molecule has 26 nitrogen and oxygen atoms in total. The number of hydrogen-bond donors (Lipinski definition) is 13.